The third-order valence-corrected chi connectivity index (χ3v) is 7.20. The summed E-state index contributed by atoms with van der Waals surface area (Å²) >= 11 is 2.41. The average Bonchev–Trinajstić information content (AvgIpc) is 3.05. The molecule has 0 N–H and O–H groups in total. The number of hydrogen-bond donors (Lipinski definition) is 0. The average molecular weight is 456 g/mol. The molecule has 0 saturated carbocycles. The Morgan fingerprint density at radius 2 is 1.33 bits per heavy atom. The van der Waals surface area contributed by atoms with E-state index < -0.39 is 0 Å². The summed E-state index contributed by atoms with van der Waals surface area (Å²) in [5.41, 5.74) is 4.19. The van der Waals surface area contributed by atoms with Crippen molar-refractivity contribution >= 4 is 0 Å². The van der Waals surface area contributed by atoms with Crippen molar-refractivity contribution in [2.24, 2.45) is 5.92 Å². The van der Waals surface area contributed by atoms with E-state index in [0.29, 0.717) is 5.92 Å². The molecule has 4 heteroatoms. The molecule has 142 valence electrons. The molecule has 1 aliphatic carbocycles. The smallest absolute Gasteiger partial charge is 1.00 e. The quantitative estimate of drug-likeness (QED) is 0.429. The molecular weight excluding hydrogens is 430 g/mol. The van der Waals surface area contributed by atoms with Gasteiger partial charge >= 0.3 is 158 Å². The molecule has 0 saturated heterocycles. The zero-order valence-electron chi connectivity index (χ0n) is 15.9. The van der Waals surface area contributed by atoms with Gasteiger partial charge in [0.05, 0.1) is 0 Å². The molecule has 27 heavy (non-hydrogen) atoms. The molecule has 3 rings (SSSR count). The summed E-state index contributed by atoms with van der Waals surface area (Å²) in [5.74, 6) is 0.580. The van der Waals surface area contributed by atoms with Gasteiger partial charge in [0, 0.05) is 0 Å². The van der Waals surface area contributed by atoms with Crippen LogP contribution in [0, 0.1) is 5.92 Å². The van der Waals surface area contributed by atoms with Crippen LogP contribution in [0.15, 0.2) is 84.5 Å². The van der Waals surface area contributed by atoms with Gasteiger partial charge in [0.2, 0.25) is 0 Å². The fraction of sp³-hybridized carbons (Fsp3) is 0.304. The standard InChI is InChI=1S/C23H25.3ClH.Ti/c1-4-18(2)21-16-11-17-22(21)23(3,19-12-7-5-8-13-19)20-14-9-6-10-15-20;;;;/h5-18H,4H2,1-3H3;3*1H;/q;;;;+3/p-3. The third kappa shape index (κ3) is 4.57. The van der Waals surface area contributed by atoms with E-state index in [9.17, 15) is 0 Å². The first kappa shape index (κ1) is 26.5. The SMILES string of the molecule is CCC(C)C1=CC=C[C]1([Ti+3])C(C)(c1ccccc1)c1ccccc1.[Cl-].[Cl-].[Cl-]. The van der Waals surface area contributed by atoms with E-state index in [0.717, 1.165) is 0 Å². The van der Waals surface area contributed by atoms with E-state index >= 15 is 0 Å². The predicted molar refractivity (Wildman–Crippen MR) is 98.7 cm³/mol. The van der Waals surface area contributed by atoms with Crippen molar-refractivity contribution in [3.63, 3.8) is 0 Å². The zero-order chi connectivity index (χ0) is 17.2. The monoisotopic (exact) mass is 454 g/mol. The van der Waals surface area contributed by atoms with E-state index in [4.69, 9.17) is 0 Å². The minimum absolute atomic E-state index is 0. The van der Waals surface area contributed by atoms with Crippen LogP contribution in [0.4, 0.5) is 0 Å². The van der Waals surface area contributed by atoms with Crippen molar-refractivity contribution < 1.29 is 57.7 Å². The second-order valence-corrected chi connectivity index (χ2v) is 8.19. The number of hydrogen-bond acceptors (Lipinski definition) is 0. The number of halogens is 3. The fourth-order valence-electron chi connectivity index (χ4n) is 3.92. The predicted octanol–water partition coefficient (Wildman–Crippen LogP) is -2.75. The Bertz CT molecular complexity index is 716. The maximum Gasteiger partial charge on any atom is -1.00 e. The van der Waals surface area contributed by atoms with Gasteiger partial charge in [0.15, 0.2) is 0 Å². The van der Waals surface area contributed by atoms with Crippen LogP contribution in [0.2, 0.25) is 3.72 Å². The maximum absolute atomic E-state index is 2.41. The van der Waals surface area contributed by atoms with Crippen LogP contribution in [0.5, 0.6) is 0 Å². The van der Waals surface area contributed by atoms with Crippen LogP contribution in [0.1, 0.15) is 38.3 Å². The van der Waals surface area contributed by atoms with Crippen LogP contribution in [-0.4, -0.2) is 0 Å². The zero-order valence-corrected chi connectivity index (χ0v) is 19.8. The largest absolute Gasteiger partial charge is 1.00 e. The summed E-state index contributed by atoms with van der Waals surface area (Å²) in [4.78, 5) is 0. The van der Waals surface area contributed by atoms with Gasteiger partial charge in [-0.3, -0.25) is 0 Å². The maximum atomic E-state index is 2.41. The second kappa shape index (κ2) is 10.9. The molecule has 0 radical (unpaired) electrons. The van der Waals surface area contributed by atoms with Crippen LogP contribution >= 0.6 is 0 Å². The molecule has 0 fully saturated rings. The number of benzene rings is 2. The molecule has 2 aromatic rings. The van der Waals surface area contributed by atoms with Crippen molar-refractivity contribution in [3.8, 4) is 0 Å². The summed E-state index contributed by atoms with van der Waals surface area (Å²) < 4.78 is -0.0227. The van der Waals surface area contributed by atoms with Crippen molar-refractivity contribution in [2.45, 2.75) is 36.3 Å². The normalized spacial score (nSPS) is 19.2. The molecule has 1 aliphatic rings. The molecule has 0 heterocycles. The van der Waals surface area contributed by atoms with E-state index in [1.165, 1.54) is 17.5 Å². The fourth-order valence-corrected chi connectivity index (χ4v) is 5.03. The molecule has 0 aliphatic heterocycles. The molecular formula is C23H25Cl3Ti. The molecule has 0 bridgehead atoms. The molecule has 0 aromatic heterocycles. The van der Waals surface area contributed by atoms with Crippen LogP contribution in [-0.2, 0) is 25.9 Å². The van der Waals surface area contributed by atoms with Gasteiger partial charge in [-0.1, -0.05) is 0 Å². The van der Waals surface area contributed by atoms with Crippen molar-refractivity contribution in [1.29, 1.82) is 0 Å². The Labute approximate surface area is 194 Å². The van der Waals surface area contributed by atoms with E-state index in [-0.39, 0.29) is 46.4 Å². The molecule has 0 nitrogen and oxygen atoms in total. The molecule has 2 unspecified atom stereocenters. The van der Waals surface area contributed by atoms with E-state index in [1.807, 2.05) is 0 Å². The second-order valence-electron chi connectivity index (χ2n) is 6.96. The van der Waals surface area contributed by atoms with Crippen LogP contribution < -0.4 is 37.2 Å². The first-order valence-electron chi connectivity index (χ1n) is 8.80. The Morgan fingerprint density at radius 1 is 0.889 bits per heavy atom. The molecule has 2 atom stereocenters. The van der Waals surface area contributed by atoms with E-state index in [2.05, 4.69) is 120 Å². The van der Waals surface area contributed by atoms with Gasteiger partial charge in [-0.2, -0.15) is 0 Å². The summed E-state index contributed by atoms with van der Waals surface area (Å²) in [5, 5.41) is 0. The van der Waals surface area contributed by atoms with Gasteiger partial charge < -0.3 is 37.2 Å². The Morgan fingerprint density at radius 3 is 1.74 bits per heavy atom. The minimum Gasteiger partial charge on any atom is -1.00 e. The first-order chi connectivity index (χ1) is 11.5. The molecule has 2 aromatic carbocycles. The first-order valence-corrected chi connectivity index (χ1v) is 9.58. The van der Waals surface area contributed by atoms with Gasteiger partial charge in [-0.05, 0) is 0 Å². The number of rotatable bonds is 5. The van der Waals surface area contributed by atoms with Gasteiger partial charge in [-0.15, -0.1) is 0 Å². The summed E-state index contributed by atoms with van der Waals surface area (Å²) in [6.45, 7) is 7.05. The topological polar surface area (TPSA) is 0 Å². The summed E-state index contributed by atoms with van der Waals surface area (Å²) in [6.07, 6.45) is 8.18. The van der Waals surface area contributed by atoms with Crippen LogP contribution in [0.3, 0.4) is 0 Å². The van der Waals surface area contributed by atoms with Crippen molar-refractivity contribution in [2.75, 3.05) is 0 Å². The van der Waals surface area contributed by atoms with Gasteiger partial charge in [0.25, 0.3) is 0 Å². The van der Waals surface area contributed by atoms with Crippen LogP contribution in [0.25, 0.3) is 0 Å². The molecule has 0 amide bonds. The third-order valence-electron chi connectivity index (χ3n) is 5.71. The van der Waals surface area contributed by atoms with Crippen molar-refractivity contribution in [1.82, 2.24) is 0 Å². The Balaban J connectivity index is 0.00000225. The van der Waals surface area contributed by atoms with Crippen molar-refractivity contribution in [3.05, 3.63) is 95.6 Å². The minimum atomic E-state index is -0.0994. The molecule has 0 spiro atoms. The number of allylic oxidation sites excluding steroid dienone is 4. The Hall–Kier alpha value is -0.496. The van der Waals surface area contributed by atoms with E-state index in [1.54, 1.807) is 5.57 Å². The summed E-state index contributed by atoms with van der Waals surface area (Å²) in [7, 11) is 0. The van der Waals surface area contributed by atoms with Gasteiger partial charge in [-0.25, -0.2) is 0 Å². The Kier molecular flexibility index (Phi) is 10.7. The van der Waals surface area contributed by atoms with Gasteiger partial charge in [0.1, 0.15) is 0 Å². The summed E-state index contributed by atoms with van der Waals surface area (Å²) in [6, 6.07) is 21.9.